The highest BCUT2D eigenvalue weighted by molar-refractivity contribution is 4.49. The van der Waals surface area contributed by atoms with Crippen LogP contribution in [0.3, 0.4) is 0 Å². The van der Waals surface area contributed by atoms with Gasteiger partial charge in [0.15, 0.2) is 0 Å². The predicted octanol–water partition coefficient (Wildman–Crippen LogP) is -0.476. The predicted molar refractivity (Wildman–Crippen MR) is 38.2 cm³/mol. The van der Waals surface area contributed by atoms with Crippen molar-refractivity contribution in [2.75, 3.05) is 19.6 Å². The summed E-state index contributed by atoms with van der Waals surface area (Å²) in [7, 11) is 0. The Labute approximate surface area is 56.5 Å². The Bertz CT molecular complexity index is 57.0. The molecule has 0 bridgehead atoms. The molecular formula is C6H16N2O. The van der Waals surface area contributed by atoms with E-state index in [-0.39, 0.29) is 6.23 Å². The Kier molecular flexibility index (Phi) is 5.93. The third-order valence-corrected chi connectivity index (χ3v) is 0.992. The van der Waals surface area contributed by atoms with Gasteiger partial charge in [0.2, 0.25) is 0 Å². The lowest BCUT2D eigenvalue weighted by molar-refractivity contribution is 0.157. The van der Waals surface area contributed by atoms with Crippen LogP contribution in [0.15, 0.2) is 0 Å². The van der Waals surface area contributed by atoms with Crippen molar-refractivity contribution in [2.24, 2.45) is 0 Å². The van der Waals surface area contributed by atoms with Crippen molar-refractivity contribution < 1.29 is 5.11 Å². The van der Waals surface area contributed by atoms with Gasteiger partial charge in [-0.25, -0.2) is 0 Å². The molecule has 0 aromatic rings. The summed E-state index contributed by atoms with van der Waals surface area (Å²) in [5.74, 6) is 0. The quantitative estimate of drug-likeness (QED) is 0.350. The van der Waals surface area contributed by atoms with Crippen molar-refractivity contribution in [3.05, 3.63) is 0 Å². The second kappa shape index (κ2) is 6.01. The summed E-state index contributed by atoms with van der Waals surface area (Å²) in [6, 6.07) is 0. The summed E-state index contributed by atoms with van der Waals surface area (Å²) in [4.78, 5) is 0. The first-order chi connectivity index (χ1) is 4.27. The highest BCUT2D eigenvalue weighted by atomic mass is 16.3. The van der Waals surface area contributed by atoms with E-state index in [1.807, 2.05) is 0 Å². The van der Waals surface area contributed by atoms with E-state index in [1.165, 1.54) is 0 Å². The normalized spacial score (nSPS) is 13.7. The third-order valence-electron chi connectivity index (χ3n) is 0.992. The van der Waals surface area contributed by atoms with Gasteiger partial charge in [0.25, 0.3) is 0 Å². The summed E-state index contributed by atoms with van der Waals surface area (Å²) in [5, 5.41) is 14.7. The Morgan fingerprint density at radius 1 is 1.44 bits per heavy atom. The second-order valence-corrected chi connectivity index (χ2v) is 1.98. The van der Waals surface area contributed by atoms with Crippen LogP contribution in [-0.2, 0) is 0 Å². The van der Waals surface area contributed by atoms with Crippen LogP contribution in [0, 0.1) is 0 Å². The van der Waals surface area contributed by atoms with Crippen LogP contribution < -0.4 is 10.6 Å². The van der Waals surface area contributed by atoms with Gasteiger partial charge in [-0.2, -0.15) is 0 Å². The molecule has 0 spiro atoms. The maximum absolute atomic E-state index is 8.71. The van der Waals surface area contributed by atoms with Crippen LogP contribution in [0.2, 0.25) is 0 Å². The second-order valence-electron chi connectivity index (χ2n) is 1.98. The summed E-state index contributed by atoms with van der Waals surface area (Å²) in [5.41, 5.74) is 0. The van der Waals surface area contributed by atoms with Crippen LogP contribution in [0.1, 0.15) is 13.8 Å². The van der Waals surface area contributed by atoms with E-state index < -0.39 is 0 Å². The molecule has 0 aromatic heterocycles. The van der Waals surface area contributed by atoms with Gasteiger partial charge >= 0.3 is 0 Å². The first-order valence-electron chi connectivity index (χ1n) is 3.39. The Morgan fingerprint density at radius 3 is 2.56 bits per heavy atom. The number of hydrogen-bond donors (Lipinski definition) is 3. The van der Waals surface area contributed by atoms with Gasteiger partial charge in [0.1, 0.15) is 6.23 Å². The molecule has 56 valence electrons. The van der Waals surface area contributed by atoms with Gasteiger partial charge in [-0.05, 0) is 13.5 Å². The fraction of sp³-hybridized carbons (Fsp3) is 1.00. The number of aliphatic hydroxyl groups is 1. The minimum atomic E-state index is -0.386. The van der Waals surface area contributed by atoms with E-state index >= 15 is 0 Å². The number of nitrogens with one attached hydrogen (secondary N) is 2. The lowest BCUT2D eigenvalue weighted by Gasteiger charge is -2.06. The molecule has 3 heteroatoms. The zero-order chi connectivity index (χ0) is 7.11. The van der Waals surface area contributed by atoms with Crippen molar-refractivity contribution in [3.63, 3.8) is 0 Å². The molecule has 0 aromatic carbocycles. The molecule has 1 unspecified atom stereocenters. The largest absolute Gasteiger partial charge is 0.379 e. The zero-order valence-corrected chi connectivity index (χ0v) is 6.15. The minimum Gasteiger partial charge on any atom is -0.379 e. The molecule has 0 heterocycles. The number of hydrogen-bond acceptors (Lipinski definition) is 3. The van der Waals surface area contributed by atoms with Gasteiger partial charge in [0.05, 0.1) is 0 Å². The molecule has 3 nitrogen and oxygen atoms in total. The highest BCUT2D eigenvalue weighted by Gasteiger charge is 1.89. The molecule has 0 amide bonds. The smallest absolute Gasteiger partial charge is 0.102 e. The summed E-state index contributed by atoms with van der Waals surface area (Å²) in [6.45, 7) is 6.50. The van der Waals surface area contributed by atoms with Crippen molar-refractivity contribution in [1.29, 1.82) is 0 Å². The Balaban J connectivity index is 2.75. The monoisotopic (exact) mass is 132 g/mol. The molecule has 0 saturated heterocycles. The van der Waals surface area contributed by atoms with Crippen molar-refractivity contribution >= 4 is 0 Å². The van der Waals surface area contributed by atoms with Crippen LogP contribution in [-0.4, -0.2) is 31.0 Å². The SMILES string of the molecule is CCNCCNC(C)O. The van der Waals surface area contributed by atoms with Gasteiger partial charge in [-0.1, -0.05) is 6.92 Å². The lowest BCUT2D eigenvalue weighted by Crippen LogP contribution is -2.32. The fourth-order valence-electron chi connectivity index (χ4n) is 0.546. The number of aliphatic hydroxyl groups excluding tert-OH is 1. The lowest BCUT2D eigenvalue weighted by atomic mass is 10.5. The first-order valence-corrected chi connectivity index (χ1v) is 3.39. The highest BCUT2D eigenvalue weighted by Crippen LogP contribution is 1.67. The molecule has 0 saturated carbocycles. The minimum absolute atomic E-state index is 0.386. The van der Waals surface area contributed by atoms with E-state index in [4.69, 9.17) is 5.11 Å². The van der Waals surface area contributed by atoms with Gasteiger partial charge in [-0.3, -0.25) is 5.32 Å². The summed E-state index contributed by atoms with van der Waals surface area (Å²) >= 11 is 0. The van der Waals surface area contributed by atoms with Crippen LogP contribution in [0.4, 0.5) is 0 Å². The van der Waals surface area contributed by atoms with E-state index in [2.05, 4.69) is 17.6 Å². The Hall–Kier alpha value is -0.120. The van der Waals surface area contributed by atoms with Crippen molar-refractivity contribution in [2.45, 2.75) is 20.1 Å². The van der Waals surface area contributed by atoms with E-state index in [1.54, 1.807) is 6.92 Å². The fourth-order valence-corrected chi connectivity index (χ4v) is 0.546. The van der Waals surface area contributed by atoms with Crippen LogP contribution >= 0.6 is 0 Å². The van der Waals surface area contributed by atoms with Gasteiger partial charge < -0.3 is 10.4 Å². The van der Waals surface area contributed by atoms with Gasteiger partial charge in [-0.15, -0.1) is 0 Å². The van der Waals surface area contributed by atoms with Crippen LogP contribution in [0.5, 0.6) is 0 Å². The van der Waals surface area contributed by atoms with Crippen molar-refractivity contribution in [3.8, 4) is 0 Å². The van der Waals surface area contributed by atoms with E-state index in [9.17, 15) is 0 Å². The molecule has 0 rings (SSSR count). The maximum Gasteiger partial charge on any atom is 0.102 e. The van der Waals surface area contributed by atoms with Crippen molar-refractivity contribution in [1.82, 2.24) is 10.6 Å². The van der Waals surface area contributed by atoms with E-state index in [0.29, 0.717) is 0 Å². The standard InChI is InChI=1S/C6H16N2O/c1-3-7-4-5-8-6(2)9/h6-9H,3-5H2,1-2H3. The first kappa shape index (κ1) is 8.88. The van der Waals surface area contributed by atoms with E-state index in [0.717, 1.165) is 19.6 Å². The van der Waals surface area contributed by atoms with Crippen LogP contribution in [0.25, 0.3) is 0 Å². The Morgan fingerprint density at radius 2 is 2.11 bits per heavy atom. The van der Waals surface area contributed by atoms with Gasteiger partial charge in [0, 0.05) is 13.1 Å². The zero-order valence-electron chi connectivity index (χ0n) is 6.15. The molecule has 3 N–H and O–H groups in total. The average molecular weight is 132 g/mol. The average Bonchev–Trinajstić information content (AvgIpc) is 1.80. The number of likely N-dealkylation sites (N-methyl/N-ethyl adjacent to an activating group) is 1. The summed E-state index contributed by atoms with van der Waals surface area (Å²) in [6.07, 6.45) is -0.386. The molecule has 0 aliphatic carbocycles. The molecule has 0 aliphatic heterocycles. The molecular weight excluding hydrogens is 116 g/mol. The molecule has 1 atom stereocenters. The number of rotatable bonds is 5. The third kappa shape index (κ3) is 7.88. The molecule has 0 radical (unpaired) electrons. The maximum atomic E-state index is 8.71. The molecule has 9 heavy (non-hydrogen) atoms. The summed E-state index contributed by atoms with van der Waals surface area (Å²) < 4.78 is 0. The topological polar surface area (TPSA) is 44.3 Å². The molecule has 0 aliphatic rings. The molecule has 0 fully saturated rings.